The second kappa shape index (κ2) is 6.61. The summed E-state index contributed by atoms with van der Waals surface area (Å²) in [7, 11) is -0.655. The molecule has 1 aliphatic heterocycles. The highest BCUT2D eigenvalue weighted by atomic mass is 32.2. The lowest BCUT2D eigenvalue weighted by Gasteiger charge is -2.30. The van der Waals surface area contributed by atoms with Crippen LogP contribution in [0.25, 0.3) is 0 Å². The summed E-state index contributed by atoms with van der Waals surface area (Å²) < 4.78 is 11.1. The van der Waals surface area contributed by atoms with Gasteiger partial charge >= 0.3 is 0 Å². The summed E-state index contributed by atoms with van der Waals surface area (Å²) in [6.45, 7) is 8.88. The Labute approximate surface area is 96.1 Å². The molecule has 0 aromatic rings. The van der Waals surface area contributed by atoms with Crippen LogP contribution in [0.3, 0.4) is 0 Å². The maximum atomic E-state index is 11.1. The van der Waals surface area contributed by atoms with E-state index >= 15 is 0 Å². The zero-order chi connectivity index (χ0) is 11.3. The van der Waals surface area contributed by atoms with Crippen molar-refractivity contribution in [3.63, 3.8) is 0 Å². The Morgan fingerprint density at radius 3 is 2.87 bits per heavy atom. The molecule has 0 spiro atoms. The quantitative estimate of drug-likeness (QED) is 0.777. The number of hydrogen-bond acceptors (Lipinski definition) is 3. The van der Waals surface area contributed by atoms with Gasteiger partial charge in [0.1, 0.15) is 0 Å². The van der Waals surface area contributed by atoms with Gasteiger partial charge < -0.3 is 10.2 Å². The summed E-state index contributed by atoms with van der Waals surface area (Å²) in [5, 5.41) is 3.53. The molecule has 3 nitrogen and oxygen atoms in total. The minimum Gasteiger partial charge on any atom is -0.314 e. The SMILES string of the molecule is CC1CNC(C)CCN(CCS(C)=O)C1. The fraction of sp³-hybridized carbons (Fsp3) is 1.00. The van der Waals surface area contributed by atoms with Crippen LogP contribution < -0.4 is 5.32 Å². The Kier molecular flexibility index (Phi) is 5.79. The molecule has 3 atom stereocenters. The van der Waals surface area contributed by atoms with E-state index in [2.05, 4.69) is 24.1 Å². The molecule has 1 fully saturated rings. The van der Waals surface area contributed by atoms with E-state index in [0.29, 0.717) is 12.0 Å². The average Bonchev–Trinajstić information content (AvgIpc) is 2.16. The molecule has 1 heterocycles. The van der Waals surface area contributed by atoms with Crippen molar-refractivity contribution in [1.82, 2.24) is 10.2 Å². The Bertz CT molecular complexity index is 211. The Morgan fingerprint density at radius 1 is 1.47 bits per heavy atom. The molecule has 0 amide bonds. The van der Waals surface area contributed by atoms with Gasteiger partial charge in [0.05, 0.1) is 0 Å². The van der Waals surface area contributed by atoms with Crippen LogP contribution in [-0.4, -0.2) is 53.3 Å². The highest BCUT2D eigenvalue weighted by molar-refractivity contribution is 7.84. The van der Waals surface area contributed by atoms with Gasteiger partial charge in [-0.25, -0.2) is 0 Å². The molecule has 1 rings (SSSR count). The molecular weight excluding hydrogens is 208 g/mol. The van der Waals surface area contributed by atoms with Crippen molar-refractivity contribution in [1.29, 1.82) is 0 Å². The van der Waals surface area contributed by atoms with Gasteiger partial charge in [0.15, 0.2) is 0 Å². The smallest absolute Gasteiger partial charge is 0.0359 e. The van der Waals surface area contributed by atoms with Crippen molar-refractivity contribution < 1.29 is 4.21 Å². The van der Waals surface area contributed by atoms with E-state index in [1.54, 1.807) is 6.26 Å². The zero-order valence-electron chi connectivity index (χ0n) is 10.2. The monoisotopic (exact) mass is 232 g/mol. The second-order valence-corrected chi connectivity index (χ2v) is 6.34. The Hall–Kier alpha value is 0.0700. The third kappa shape index (κ3) is 5.64. The van der Waals surface area contributed by atoms with Crippen LogP contribution in [0.1, 0.15) is 20.3 Å². The van der Waals surface area contributed by atoms with Crippen LogP contribution in [0.15, 0.2) is 0 Å². The van der Waals surface area contributed by atoms with E-state index in [4.69, 9.17) is 0 Å². The maximum absolute atomic E-state index is 11.1. The molecule has 1 aliphatic rings. The summed E-state index contributed by atoms with van der Waals surface area (Å²) in [6.07, 6.45) is 2.99. The molecule has 90 valence electrons. The molecule has 0 aromatic carbocycles. The molecule has 3 unspecified atom stereocenters. The maximum Gasteiger partial charge on any atom is 0.0359 e. The highest BCUT2D eigenvalue weighted by Crippen LogP contribution is 2.06. The third-order valence-corrected chi connectivity index (χ3v) is 3.72. The summed E-state index contributed by atoms with van der Waals surface area (Å²) in [6, 6.07) is 0.613. The van der Waals surface area contributed by atoms with E-state index in [-0.39, 0.29) is 0 Å². The molecule has 0 radical (unpaired) electrons. The van der Waals surface area contributed by atoms with E-state index in [9.17, 15) is 4.21 Å². The van der Waals surface area contributed by atoms with Crippen LogP contribution >= 0.6 is 0 Å². The van der Waals surface area contributed by atoms with E-state index < -0.39 is 10.8 Å². The first-order chi connectivity index (χ1) is 7.08. The summed E-state index contributed by atoms with van der Waals surface area (Å²) in [4.78, 5) is 2.46. The number of nitrogens with zero attached hydrogens (tertiary/aromatic N) is 1. The van der Waals surface area contributed by atoms with Crippen LogP contribution in [0.4, 0.5) is 0 Å². The van der Waals surface area contributed by atoms with Crippen molar-refractivity contribution in [2.45, 2.75) is 26.3 Å². The van der Waals surface area contributed by atoms with Crippen LogP contribution in [-0.2, 0) is 10.8 Å². The fourth-order valence-electron chi connectivity index (χ4n) is 1.94. The lowest BCUT2D eigenvalue weighted by Crippen LogP contribution is -2.43. The van der Waals surface area contributed by atoms with Gasteiger partial charge in [-0.1, -0.05) is 6.92 Å². The average molecular weight is 232 g/mol. The van der Waals surface area contributed by atoms with Crippen molar-refractivity contribution in [2.75, 3.05) is 38.2 Å². The first-order valence-corrected chi connectivity index (χ1v) is 7.56. The molecule has 15 heavy (non-hydrogen) atoms. The molecule has 1 N–H and O–H groups in total. The molecule has 0 saturated carbocycles. The van der Waals surface area contributed by atoms with Gasteiger partial charge in [0.2, 0.25) is 0 Å². The number of nitrogens with one attached hydrogen (secondary N) is 1. The van der Waals surface area contributed by atoms with Gasteiger partial charge in [-0.15, -0.1) is 0 Å². The number of rotatable bonds is 3. The predicted molar refractivity (Wildman–Crippen MR) is 66.6 cm³/mol. The van der Waals surface area contributed by atoms with Gasteiger partial charge in [0.25, 0.3) is 0 Å². The largest absolute Gasteiger partial charge is 0.314 e. The van der Waals surface area contributed by atoms with Gasteiger partial charge in [-0.05, 0) is 32.4 Å². The van der Waals surface area contributed by atoms with E-state index in [0.717, 1.165) is 31.9 Å². The standard InChI is InChI=1S/C11H24N2OS/c1-10-8-12-11(2)4-5-13(9-10)6-7-15(3)14/h10-12H,4-9H2,1-3H3. The Balaban J connectivity index is 2.36. The first-order valence-electron chi connectivity index (χ1n) is 5.83. The lowest BCUT2D eigenvalue weighted by atomic mass is 10.1. The van der Waals surface area contributed by atoms with Gasteiger partial charge in [-0.3, -0.25) is 4.21 Å². The van der Waals surface area contributed by atoms with Crippen molar-refractivity contribution in [3.8, 4) is 0 Å². The Morgan fingerprint density at radius 2 is 2.20 bits per heavy atom. The summed E-state index contributed by atoms with van der Waals surface area (Å²) in [5.41, 5.74) is 0. The normalized spacial score (nSPS) is 31.9. The minimum absolute atomic E-state index is 0.613. The molecule has 4 heteroatoms. The zero-order valence-corrected chi connectivity index (χ0v) is 11.0. The van der Waals surface area contributed by atoms with Gasteiger partial charge in [0, 0.05) is 41.9 Å². The topological polar surface area (TPSA) is 32.3 Å². The van der Waals surface area contributed by atoms with E-state index in [1.165, 1.54) is 6.42 Å². The van der Waals surface area contributed by atoms with Crippen molar-refractivity contribution >= 4 is 10.8 Å². The minimum atomic E-state index is -0.655. The third-order valence-electron chi connectivity index (χ3n) is 2.96. The van der Waals surface area contributed by atoms with E-state index in [1.807, 2.05) is 0 Å². The molecule has 0 bridgehead atoms. The van der Waals surface area contributed by atoms with Crippen LogP contribution in [0.5, 0.6) is 0 Å². The van der Waals surface area contributed by atoms with Crippen LogP contribution in [0, 0.1) is 5.92 Å². The molecule has 0 aliphatic carbocycles. The number of hydrogen-bond donors (Lipinski definition) is 1. The summed E-state index contributed by atoms with van der Waals surface area (Å²) in [5.74, 6) is 1.51. The van der Waals surface area contributed by atoms with Crippen molar-refractivity contribution in [3.05, 3.63) is 0 Å². The first kappa shape index (κ1) is 13.1. The molecular formula is C11H24N2OS. The van der Waals surface area contributed by atoms with Gasteiger partial charge in [-0.2, -0.15) is 0 Å². The van der Waals surface area contributed by atoms with Crippen molar-refractivity contribution in [2.24, 2.45) is 5.92 Å². The molecule has 1 saturated heterocycles. The molecule has 0 aromatic heterocycles. The second-order valence-electron chi connectivity index (χ2n) is 4.78. The van der Waals surface area contributed by atoms with Crippen LogP contribution in [0.2, 0.25) is 0 Å². The highest BCUT2D eigenvalue weighted by Gasteiger charge is 2.16. The predicted octanol–water partition coefficient (Wildman–Crippen LogP) is 0.685. The fourth-order valence-corrected chi connectivity index (χ4v) is 2.45. The lowest BCUT2D eigenvalue weighted by molar-refractivity contribution is 0.211. The summed E-state index contributed by atoms with van der Waals surface area (Å²) >= 11 is 0.